The van der Waals surface area contributed by atoms with Crippen LogP contribution in [-0.2, 0) is 9.47 Å². The number of ether oxygens (including phenoxy) is 2. The summed E-state index contributed by atoms with van der Waals surface area (Å²) in [7, 11) is 3.71. The van der Waals surface area contributed by atoms with Gasteiger partial charge < -0.3 is 19.7 Å². The predicted molar refractivity (Wildman–Crippen MR) is 113 cm³/mol. The van der Waals surface area contributed by atoms with Crippen molar-refractivity contribution in [2.75, 3.05) is 33.9 Å². The molecule has 0 aromatic rings. The van der Waals surface area contributed by atoms with Crippen LogP contribution in [-0.4, -0.2) is 62.5 Å². The standard InChI is InChI=1S/C19H35N3O2.HI/c1-18(2)16(12-19(18,3)23-5)21-17(20-4)22-10-8-15(9-11-22)24-13-14-6-7-14;/h14-16H,6-13H2,1-5H3,(H,20,21);1H. The summed E-state index contributed by atoms with van der Waals surface area (Å²) in [6.45, 7) is 9.80. The Hall–Kier alpha value is -0.0800. The second kappa shape index (κ2) is 8.30. The number of nitrogens with zero attached hydrogens (tertiary/aromatic N) is 2. The summed E-state index contributed by atoms with van der Waals surface area (Å²) in [4.78, 5) is 6.92. The number of nitrogens with one attached hydrogen (secondary N) is 1. The maximum atomic E-state index is 6.05. The zero-order chi connectivity index (χ0) is 17.4. The lowest BCUT2D eigenvalue weighted by atomic mass is 9.56. The Morgan fingerprint density at radius 1 is 1.16 bits per heavy atom. The van der Waals surface area contributed by atoms with Gasteiger partial charge in [0.2, 0.25) is 0 Å². The fraction of sp³-hybridized carbons (Fsp3) is 0.947. The molecule has 2 unspecified atom stereocenters. The van der Waals surface area contributed by atoms with Crippen LogP contribution >= 0.6 is 24.0 Å². The summed E-state index contributed by atoms with van der Waals surface area (Å²) in [5.74, 6) is 1.89. The van der Waals surface area contributed by atoms with Crippen LogP contribution in [0.2, 0.25) is 0 Å². The van der Waals surface area contributed by atoms with Crippen LogP contribution in [0.4, 0.5) is 0 Å². The maximum absolute atomic E-state index is 6.05. The van der Waals surface area contributed by atoms with Crippen molar-refractivity contribution in [1.29, 1.82) is 0 Å². The molecule has 3 rings (SSSR count). The molecule has 2 atom stereocenters. The Balaban J connectivity index is 0.00000225. The molecule has 1 N–H and O–H groups in total. The number of likely N-dealkylation sites (tertiary alicyclic amines) is 1. The van der Waals surface area contributed by atoms with E-state index < -0.39 is 0 Å². The molecule has 1 heterocycles. The van der Waals surface area contributed by atoms with Gasteiger partial charge in [0.15, 0.2) is 5.96 Å². The highest BCUT2D eigenvalue weighted by Crippen LogP contribution is 2.51. The first-order valence-corrected chi connectivity index (χ1v) is 9.54. The van der Waals surface area contributed by atoms with Crippen LogP contribution in [0.1, 0.15) is 52.9 Å². The van der Waals surface area contributed by atoms with E-state index in [0.717, 1.165) is 50.8 Å². The number of halogens is 1. The monoisotopic (exact) mass is 465 g/mol. The van der Waals surface area contributed by atoms with E-state index >= 15 is 0 Å². The minimum absolute atomic E-state index is 0. The lowest BCUT2D eigenvalue weighted by Gasteiger charge is -2.59. The highest BCUT2D eigenvalue weighted by molar-refractivity contribution is 14.0. The van der Waals surface area contributed by atoms with Crippen LogP contribution < -0.4 is 5.32 Å². The fourth-order valence-electron chi connectivity index (χ4n) is 3.97. The van der Waals surface area contributed by atoms with Crippen LogP contribution in [0.25, 0.3) is 0 Å². The van der Waals surface area contributed by atoms with E-state index in [9.17, 15) is 0 Å². The fourth-order valence-corrected chi connectivity index (χ4v) is 3.97. The molecule has 25 heavy (non-hydrogen) atoms. The van der Waals surface area contributed by atoms with Gasteiger partial charge >= 0.3 is 0 Å². The second-order valence-electron chi connectivity index (χ2n) is 8.57. The number of rotatable bonds is 5. The summed E-state index contributed by atoms with van der Waals surface area (Å²) in [5, 5.41) is 3.68. The zero-order valence-corrected chi connectivity index (χ0v) is 18.8. The lowest BCUT2D eigenvalue weighted by molar-refractivity contribution is -0.177. The van der Waals surface area contributed by atoms with Crippen LogP contribution in [0.3, 0.4) is 0 Å². The number of hydrogen-bond donors (Lipinski definition) is 1. The molecule has 5 nitrogen and oxygen atoms in total. The summed E-state index contributed by atoms with van der Waals surface area (Å²) >= 11 is 0. The number of piperidine rings is 1. The average Bonchev–Trinajstić information content (AvgIpc) is 3.41. The molecular weight excluding hydrogens is 429 g/mol. The van der Waals surface area contributed by atoms with Crippen molar-refractivity contribution < 1.29 is 9.47 Å². The number of hydrogen-bond acceptors (Lipinski definition) is 3. The summed E-state index contributed by atoms with van der Waals surface area (Å²) in [6.07, 6.45) is 6.42. The van der Waals surface area contributed by atoms with Gasteiger partial charge in [0.25, 0.3) is 0 Å². The largest absolute Gasteiger partial charge is 0.378 e. The first kappa shape index (κ1) is 21.2. The molecule has 0 spiro atoms. The smallest absolute Gasteiger partial charge is 0.193 e. The molecule has 0 radical (unpaired) electrons. The van der Waals surface area contributed by atoms with Crippen molar-refractivity contribution >= 4 is 29.9 Å². The van der Waals surface area contributed by atoms with Gasteiger partial charge in [-0.3, -0.25) is 4.99 Å². The molecule has 1 aliphatic heterocycles. The Morgan fingerprint density at radius 3 is 2.28 bits per heavy atom. The highest BCUT2D eigenvalue weighted by atomic mass is 127. The SMILES string of the molecule is CN=C(NC1CC(C)(OC)C1(C)C)N1CCC(OCC2CC2)CC1.I. The van der Waals surface area contributed by atoms with Crippen molar-refractivity contribution in [2.45, 2.75) is 70.6 Å². The van der Waals surface area contributed by atoms with Gasteiger partial charge in [0, 0.05) is 45.3 Å². The van der Waals surface area contributed by atoms with Crippen LogP contribution in [0.15, 0.2) is 4.99 Å². The molecule has 3 fully saturated rings. The number of aliphatic imine (C=N–C) groups is 1. The van der Waals surface area contributed by atoms with Crippen molar-refractivity contribution in [1.82, 2.24) is 10.2 Å². The third-order valence-electron chi connectivity index (χ3n) is 6.80. The van der Waals surface area contributed by atoms with Gasteiger partial charge in [0.05, 0.1) is 11.7 Å². The third-order valence-corrected chi connectivity index (χ3v) is 6.80. The molecule has 146 valence electrons. The van der Waals surface area contributed by atoms with Crippen molar-refractivity contribution in [3.8, 4) is 0 Å². The maximum Gasteiger partial charge on any atom is 0.193 e. The van der Waals surface area contributed by atoms with Gasteiger partial charge in [-0.15, -0.1) is 24.0 Å². The van der Waals surface area contributed by atoms with E-state index in [1.807, 2.05) is 14.2 Å². The number of methoxy groups -OCH3 is 1. The van der Waals surface area contributed by atoms with Gasteiger partial charge in [-0.05, 0) is 44.9 Å². The topological polar surface area (TPSA) is 46.1 Å². The molecule has 2 aliphatic carbocycles. The van der Waals surface area contributed by atoms with E-state index in [1.54, 1.807) is 0 Å². The van der Waals surface area contributed by atoms with Crippen LogP contribution in [0.5, 0.6) is 0 Å². The summed E-state index contributed by atoms with van der Waals surface area (Å²) < 4.78 is 11.8. The van der Waals surface area contributed by atoms with Gasteiger partial charge in [-0.2, -0.15) is 0 Å². The Morgan fingerprint density at radius 2 is 1.80 bits per heavy atom. The van der Waals surface area contributed by atoms with Crippen molar-refractivity contribution in [3.63, 3.8) is 0 Å². The molecule has 3 aliphatic rings. The van der Waals surface area contributed by atoms with Gasteiger partial charge in [0.1, 0.15) is 0 Å². The zero-order valence-electron chi connectivity index (χ0n) is 16.5. The number of guanidine groups is 1. The van der Waals surface area contributed by atoms with E-state index in [2.05, 4.69) is 36.0 Å². The quantitative estimate of drug-likeness (QED) is 0.385. The Bertz CT molecular complexity index is 473. The molecule has 6 heteroatoms. The molecule has 0 bridgehead atoms. The predicted octanol–water partition coefficient (Wildman–Crippen LogP) is 3.27. The second-order valence-corrected chi connectivity index (χ2v) is 8.57. The average molecular weight is 465 g/mol. The Labute approximate surface area is 170 Å². The van der Waals surface area contributed by atoms with Gasteiger partial charge in [-0.25, -0.2) is 0 Å². The van der Waals surface area contributed by atoms with Gasteiger partial charge in [-0.1, -0.05) is 13.8 Å². The van der Waals surface area contributed by atoms with E-state index in [1.165, 1.54) is 12.8 Å². The highest BCUT2D eigenvalue weighted by Gasteiger charge is 2.58. The summed E-state index contributed by atoms with van der Waals surface area (Å²) in [5.41, 5.74) is 0.0521. The minimum atomic E-state index is -0.0485. The molecule has 1 saturated heterocycles. The van der Waals surface area contributed by atoms with E-state index in [-0.39, 0.29) is 35.0 Å². The first-order valence-electron chi connectivity index (χ1n) is 9.54. The van der Waals surface area contributed by atoms with E-state index in [0.29, 0.717) is 12.1 Å². The molecule has 0 aromatic carbocycles. The van der Waals surface area contributed by atoms with Crippen molar-refractivity contribution in [2.24, 2.45) is 16.3 Å². The normalized spacial score (nSPS) is 32.8. The first-order chi connectivity index (χ1) is 11.4. The Kier molecular flexibility index (Phi) is 7.04. The molecule has 0 aromatic heterocycles. The molecule has 2 saturated carbocycles. The minimum Gasteiger partial charge on any atom is -0.378 e. The molecular formula is C19H36IN3O2. The lowest BCUT2D eigenvalue weighted by Crippen LogP contribution is -2.69. The van der Waals surface area contributed by atoms with E-state index in [4.69, 9.17) is 9.47 Å². The third kappa shape index (κ3) is 4.43. The van der Waals surface area contributed by atoms with Crippen LogP contribution in [0, 0.1) is 11.3 Å². The van der Waals surface area contributed by atoms with Crippen molar-refractivity contribution in [3.05, 3.63) is 0 Å². The summed E-state index contributed by atoms with van der Waals surface area (Å²) in [6, 6.07) is 0.407. The molecule has 0 amide bonds.